The van der Waals surface area contributed by atoms with Crippen molar-refractivity contribution >= 4 is 88.9 Å². The molecule has 3 saturated heterocycles. The standard InChI is InChI=1S/C34H34F3N5O6.2C34H32F3N5O5/c1-18-22(28-24(35)4-5-25(36)29(28)37)13-26(38)31(43)42(18)6-8-48-10-9-47-7-2-3-19-11-23-30(40-16-19)41-33(46)34(23)14-20-12-21(32(44)45)17-39-27(20)15-34;2*1-18-22(28-24(35)4-5-25(36)29(28)37)13-26-32(44)42(18)6-8-47-10-9-46-7-2-3-19-11-23-30(39-16-19)41-33(45)34(23)14-20-12-21(31(43)40-26)17-38-27(20)15-34/h2-5,11-12,16-18,22,26H,6-10,13-15,38H2,1H3,(H,44,45)(H,40,41,46);2*2-5,11-12,16-18,22,26H,6-10,13-15H2,1H3,(H,40,43)(H,39,41,45)/b3*3-2+/t2*18?,22?,26?,34-;18-,22-,26+,34+/m001/s1. The molecule has 14 bridgehead atoms. The lowest BCUT2D eigenvalue weighted by molar-refractivity contribution is -0.141. The van der Waals surface area contributed by atoms with Crippen LogP contribution in [0, 0.1) is 52.4 Å². The summed E-state index contributed by atoms with van der Waals surface area (Å²) in [6.07, 6.45) is 21.7. The number of hydrogen-bond donors (Lipinski definition) is 7. The van der Waals surface area contributed by atoms with Crippen LogP contribution in [0.15, 0.2) is 128 Å². The van der Waals surface area contributed by atoms with E-state index in [1.165, 1.54) is 33.3 Å². The van der Waals surface area contributed by atoms with Crippen LogP contribution >= 0.6 is 0 Å². The number of likely N-dealkylation sites (tertiary alicyclic amines) is 1. The molecule has 3 aromatic carbocycles. The van der Waals surface area contributed by atoms with E-state index in [0.29, 0.717) is 110 Å². The molecule has 3 aliphatic carbocycles. The second kappa shape index (κ2) is 41.0. The number of aromatic nitrogens is 6. The first-order valence-electron chi connectivity index (χ1n) is 46.6. The summed E-state index contributed by atoms with van der Waals surface area (Å²) in [5.74, 6) is -15.7. The molecule has 6 aromatic heterocycles. The predicted molar refractivity (Wildman–Crippen MR) is 493 cm³/mol. The minimum atomic E-state index is -1.33. The number of carbonyl (C=O) groups is 9. The summed E-state index contributed by atoms with van der Waals surface area (Å²) >= 11 is 0. The number of aromatic carboxylic acids is 1. The van der Waals surface area contributed by atoms with E-state index in [-0.39, 0.29) is 145 Å². The van der Waals surface area contributed by atoms with E-state index >= 15 is 17.6 Å². The quantitative estimate of drug-likeness (QED) is 0.0320. The topological polar surface area (TPSA) is 402 Å². The number of halogens is 9. The lowest BCUT2D eigenvalue weighted by Crippen LogP contribution is -2.58. The van der Waals surface area contributed by atoms with Gasteiger partial charge in [0.2, 0.25) is 35.4 Å². The molecule has 0 radical (unpaired) electrons. The van der Waals surface area contributed by atoms with Gasteiger partial charge in [0.1, 0.15) is 47.0 Å². The number of fused-ring (bicyclic) bond motifs is 11. The number of carbonyl (C=O) groups excluding carboxylic acids is 8. The second-order valence-corrected chi connectivity index (χ2v) is 37.0. The molecular formula is C102H98F9N15O16. The molecule has 8 aliphatic heterocycles. The maximum absolute atomic E-state index is 15.0. The van der Waals surface area contributed by atoms with Crippen molar-refractivity contribution in [3.63, 3.8) is 0 Å². The zero-order valence-corrected chi connectivity index (χ0v) is 77.1. The third-order valence-corrected chi connectivity index (χ3v) is 28.7. The Hall–Kier alpha value is -13.9. The molecule has 11 aliphatic rings. The molecule has 20 rings (SSSR count). The third-order valence-electron chi connectivity index (χ3n) is 28.7. The highest BCUT2D eigenvalue weighted by Crippen LogP contribution is 2.51. The number of carboxylic acids is 1. The Labute approximate surface area is 807 Å². The molecule has 31 nitrogen and oxygen atoms in total. The zero-order valence-electron chi connectivity index (χ0n) is 77.1. The van der Waals surface area contributed by atoms with Crippen LogP contribution in [0.4, 0.5) is 57.0 Å². The zero-order chi connectivity index (χ0) is 99.9. The fraction of sp³-hybridized carbons (Fsp3) is 0.382. The number of nitrogens with two attached hydrogens (primary N) is 1. The number of nitrogens with one attached hydrogen (secondary N) is 5. The van der Waals surface area contributed by atoms with Gasteiger partial charge in [0.25, 0.3) is 11.8 Å². The van der Waals surface area contributed by atoms with Crippen molar-refractivity contribution in [2.45, 2.75) is 149 Å². The molecule has 14 heterocycles. The molecule has 0 saturated carbocycles. The van der Waals surface area contributed by atoms with Gasteiger partial charge in [-0.05, 0) is 165 Å². The molecule has 142 heavy (non-hydrogen) atoms. The summed E-state index contributed by atoms with van der Waals surface area (Å²) in [7, 11) is 0. The first-order chi connectivity index (χ1) is 68.3. The number of rotatable bonds is 13. The van der Waals surface area contributed by atoms with E-state index in [9.17, 15) is 70.2 Å². The van der Waals surface area contributed by atoms with E-state index in [0.717, 1.165) is 63.2 Å². The van der Waals surface area contributed by atoms with Crippen LogP contribution in [0.5, 0.6) is 0 Å². The van der Waals surface area contributed by atoms with Gasteiger partial charge in [-0.3, -0.25) is 53.3 Å². The number of ether oxygens (including phenoxy) is 6. The first kappa shape index (κ1) is 98.3. The van der Waals surface area contributed by atoms with Gasteiger partial charge in [-0.2, -0.15) is 0 Å². The van der Waals surface area contributed by atoms with Gasteiger partial charge in [0.15, 0.2) is 34.9 Å². The molecule has 3 fully saturated rings. The molecule has 740 valence electrons. The van der Waals surface area contributed by atoms with Crippen LogP contribution in [0.3, 0.4) is 0 Å². The largest absolute Gasteiger partial charge is 0.478 e. The van der Waals surface area contributed by atoms with Crippen molar-refractivity contribution in [2.24, 2.45) is 5.73 Å². The Kier molecular flexibility index (Phi) is 28.4. The minimum Gasteiger partial charge on any atom is -0.478 e. The van der Waals surface area contributed by atoms with E-state index < -0.39 is 169 Å². The summed E-state index contributed by atoms with van der Waals surface area (Å²) in [6.45, 7) is 7.86. The number of pyridine rings is 6. The summed E-state index contributed by atoms with van der Waals surface area (Å²) in [6, 6.07) is 9.94. The van der Waals surface area contributed by atoms with E-state index in [1.807, 2.05) is 48.6 Å². The maximum Gasteiger partial charge on any atom is 0.337 e. The molecule has 12 atom stereocenters. The number of hydrogen-bond acceptors (Lipinski definition) is 22. The van der Waals surface area contributed by atoms with Gasteiger partial charge >= 0.3 is 5.97 Å². The normalized spacial score (nSPS) is 25.6. The van der Waals surface area contributed by atoms with Gasteiger partial charge in [0.05, 0.1) is 118 Å². The Morgan fingerprint density at radius 3 is 1.33 bits per heavy atom. The molecule has 9 aromatic rings. The highest BCUT2D eigenvalue weighted by atomic mass is 19.2. The molecule has 3 spiro atoms. The van der Waals surface area contributed by atoms with Crippen molar-refractivity contribution in [2.75, 3.05) is 115 Å². The second-order valence-electron chi connectivity index (χ2n) is 37.0. The molecular weight excluding hydrogens is 1860 g/mol. The lowest BCUT2D eigenvalue weighted by Gasteiger charge is -2.43. The van der Waals surface area contributed by atoms with Crippen LogP contribution in [-0.2, 0) is 112 Å². The SMILES string of the molecule is CC1C(c2c(F)ccc(F)c2F)CC(N)C(=O)N1CCOCCOC/C=C/c1cnc2c(c1)[C@@]1(Cc3cc(C(=O)O)cnc3C1)C(=O)N2.CC1C(c2c(F)ccc(F)c2F)CC2NC(=O)c3cnc4c(c3)C[C@@]3(C4)C(=O)Nc4ncc(cc43)/C=C/COCCOCCN1C2=O.C[C@@H]1[C@H](c2c(F)ccc(F)c2F)C[C@@H]2NC(=O)c3cnc4c(c3)C[C@@]3(C4)C(=O)Nc4ncc(cc43)/C=C/COCCOCCN1C2=O. The Morgan fingerprint density at radius 1 is 0.465 bits per heavy atom. The Bertz CT molecular complexity index is 6420. The van der Waals surface area contributed by atoms with E-state index in [2.05, 4.69) is 56.5 Å². The minimum absolute atomic E-state index is 0.00544. The molecule has 8 N–H and O–H groups in total. The van der Waals surface area contributed by atoms with Crippen LogP contribution in [-0.4, -0.2) is 238 Å². The summed E-state index contributed by atoms with van der Waals surface area (Å²) in [4.78, 5) is 150. The van der Waals surface area contributed by atoms with E-state index in [1.54, 1.807) is 63.6 Å². The number of anilines is 3. The number of nitrogens with zero attached hydrogens (tertiary/aromatic N) is 9. The highest BCUT2D eigenvalue weighted by molar-refractivity contribution is 6.09. The van der Waals surface area contributed by atoms with Gasteiger partial charge < -0.3 is 80.5 Å². The van der Waals surface area contributed by atoms with Gasteiger partial charge in [-0.1, -0.05) is 36.5 Å². The third kappa shape index (κ3) is 19.1. The number of amides is 8. The monoisotopic (exact) mass is 1960 g/mol. The Balaban J connectivity index is 0.000000141. The van der Waals surface area contributed by atoms with Crippen LogP contribution in [0.1, 0.15) is 173 Å². The van der Waals surface area contributed by atoms with Crippen molar-refractivity contribution in [3.8, 4) is 0 Å². The molecule has 40 heteroatoms. The van der Waals surface area contributed by atoms with E-state index in [4.69, 9.17) is 34.2 Å². The number of piperidine rings is 3. The summed E-state index contributed by atoms with van der Waals surface area (Å²) in [5, 5.41) is 23.4. The summed E-state index contributed by atoms with van der Waals surface area (Å²) < 4.78 is 165. The van der Waals surface area contributed by atoms with Crippen LogP contribution < -0.4 is 32.3 Å². The smallest absolute Gasteiger partial charge is 0.337 e. The number of carboxylic acid groups (broad SMARTS) is 1. The predicted octanol–water partition coefficient (Wildman–Crippen LogP) is 10.3. The lowest BCUT2D eigenvalue weighted by atomic mass is 9.79. The van der Waals surface area contributed by atoms with Gasteiger partial charge in [-0.15, -0.1) is 0 Å². The first-order valence-corrected chi connectivity index (χ1v) is 46.6. The van der Waals surface area contributed by atoms with Gasteiger partial charge in [0, 0.05) is 162 Å². The van der Waals surface area contributed by atoms with Crippen molar-refractivity contribution in [1.82, 2.24) is 55.2 Å². The summed E-state index contributed by atoms with van der Waals surface area (Å²) in [5.41, 5.74) is 11.0. The average molecular weight is 1960 g/mol. The molecule has 6 unspecified atom stereocenters. The Morgan fingerprint density at radius 2 is 0.873 bits per heavy atom. The highest BCUT2D eigenvalue weighted by Gasteiger charge is 2.56. The van der Waals surface area contributed by atoms with Crippen LogP contribution in [0.25, 0.3) is 18.2 Å². The van der Waals surface area contributed by atoms with Crippen molar-refractivity contribution < 1.29 is 116 Å². The average Bonchev–Trinajstić information content (AvgIpc) is 1.57. The fourth-order valence-electron chi connectivity index (χ4n) is 21.2. The van der Waals surface area contributed by atoms with Gasteiger partial charge in [-0.25, -0.2) is 59.3 Å². The molecule has 8 amide bonds. The van der Waals surface area contributed by atoms with Crippen molar-refractivity contribution in [3.05, 3.63) is 281 Å². The number of benzene rings is 3. The maximum atomic E-state index is 15.0. The fourth-order valence-corrected chi connectivity index (χ4v) is 21.2. The van der Waals surface area contributed by atoms with Crippen molar-refractivity contribution in [1.29, 1.82) is 0 Å². The van der Waals surface area contributed by atoms with Crippen LogP contribution in [0.2, 0.25) is 0 Å².